The minimum Gasteiger partial charge on any atom is -0.508 e. The number of carbonyl (C=O) groups excluding carboxylic acids is 9. The number of hydrogen-bond acceptors (Lipinski definition) is 11. The number of hydrogen-bond donors (Lipinski definition) is 7. The number of phenolic OH excluding ortho intramolecular Hbond substituents is 1. The molecule has 8 atom stereocenters. The van der Waals surface area contributed by atoms with Crippen molar-refractivity contribution < 1.29 is 53.0 Å². The van der Waals surface area contributed by atoms with E-state index in [-0.39, 0.29) is 69.1 Å². The fourth-order valence-corrected chi connectivity index (χ4v) is 8.34. The molecule has 19 heteroatoms. The van der Waals surface area contributed by atoms with Crippen LogP contribution in [-0.4, -0.2) is 130 Å². The lowest BCUT2D eigenvalue weighted by Gasteiger charge is -2.33. The van der Waals surface area contributed by atoms with E-state index >= 15 is 0 Å². The monoisotopic (exact) mass is 947 g/mol. The SMILES string of the molecule is CC(C)CC(=O)N[C@@H](CCC(N)=O)C(=O)N[C@@H]1C(=O)N[C@@H](CC(C)C)C(=O)N2CCC[C@@H]2C(=O)N[C@@H](Cc2ccccc2)C(=O)N(C)[C@@H](Cc2ccc(O)cc2)C(=O)N[C@@H](C(C)C)C(=O)O[C@@H]1C. The van der Waals surface area contributed by atoms with Gasteiger partial charge in [0.15, 0.2) is 0 Å². The van der Waals surface area contributed by atoms with Crippen LogP contribution in [0.3, 0.4) is 0 Å². The minimum absolute atomic E-state index is 0.0206. The molecule has 4 rings (SSSR count). The second-order valence-corrected chi connectivity index (χ2v) is 19.0. The molecule has 0 bridgehead atoms. The van der Waals surface area contributed by atoms with Gasteiger partial charge in [0.1, 0.15) is 54.1 Å². The number of phenols is 1. The number of aromatic hydroxyl groups is 1. The summed E-state index contributed by atoms with van der Waals surface area (Å²) >= 11 is 0. The molecule has 2 aromatic carbocycles. The van der Waals surface area contributed by atoms with Gasteiger partial charge in [0.05, 0.1) is 0 Å². The van der Waals surface area contributed by atoms with Crippen molar-refractivity contribution in [2.24, 2.45) is 23.5 Å². The van der Waals surface area contributed by atoms with Gasteiger partial charge in [-0.05, 0) is 73.6 Å². The Kier molecular flexibility index (Phi) is 19.9. The van der Waals surface area contributed by atoms with Crippen molar-refractivity contribution in [2.45, 2.75) is 148 Å². The normalized spacial score (nSPS) is 24.0. The summed E-state index contributed by atoms with van der Waals surface area (Å²) in [5.74, 6) is -7.62. The van der Waals surface area contributed by atoms with Gasteiger partial charge in [0.2, 0.25) is 47.3 Å². The van der Waals surface area contributed by atoms with Gasteiger partial charge < -0.3 is 52.0 Å². The van der Waals surface area contributed by atoms with Crippen LogP contribution < -0.4 is 32.3 Å². The van der Waals surface area contributed by atoms with Crippen molar-refractivity contribution in [1.29, 1.82) is 0 Å². The van der Waals surface area contributed by atoms with Gasteiger partial charge >= 0.3 is 5.97 Å². The molecule has 0 saturated carbocycles. The van der Waals surface area contributed by atoms with Crippen LogP contribution in [0.15, 0.2) is 54.6 Å². The molecule has 0 spiro atoms. The van der Waals surface area contributed by atoms with Gasteiger partial charge in [-0.25, -0.2) is 4.79 Å². The van der Waals surface area contributed by atoms with Crippen LogP contribution in [0, 0.1) is 17.8 Å². The molecule has 0 aliphatic carbocycles. The van der Waals surface area contributed by atoms with Gasteiger partial charge in [-0.2, -0.15) is 0 Å². The van der Waals surface area contributed by atoms with Crippen molar-refractivity contribution in [3.63, 3.8) is 0 Å². The van der Waals surface area contributed by atoms with Crippen LogP contribution in [0.4, 0.5) is 0 Å². The molecule has 2 saturated heterocycles. The first-order valence-electron chi connectivity index (χ1n) is 23.4. The third-order valence-electron chi connectivity index (χ3n) is 12.0. The summed E-state index contributed by atoms with van der Waals surface area (Å²) < 4.78 is 5.91. The topological polar surface area (TPSA) is 276 Å². The predicted octanol–water partition coefficient (Wildman–Crippen LogP) is 1.38. The maximum absolute atomic E-state index is 14.8. The van der Waals surface area contributed by atoms with E-state index in [1.54, 1.807) is 70.2 Å². The molecule has 68 heavy (non-hydrogen) atoms. The molecule has 2 aromatic rings. The largest absolute Gasteiger partial charge is 0.508 e. The molecule has 0 aromatic heterocycles. The Bertz CT molecular complexity index is 2120. The number of carbonyl (C=O) groups is 9. The average molecular weight is 947 g/mol. The standard InChI is InChI=1S/C49H70N8O11/c1-27(2)23-35-48(66)57-22-12-15-37(57)44(62)52-36(25-31-13-10-9-11-14-31)47(65)56(8)38(26-32-16-18-33(58)19-17-32)45(63)54-41(29(5)6)49(67)68-30(7)42(46(64)53-35)55-43(61)34(20-21-39(50)59)51-40(60)24-28(3)4/h9-11,13-14,16-19,27-30,34-38,41-42,58H,12,15,20-26H2,1-8H3,(H2,50,59)(H,51,60)(H,52,62)(H,53,64)(H,54,63)(H,55,61)/t30-,34+,35+,36+,37-,38+,41+,42+/m1/s1. The number of nitrogens with two attached hydrogens (primary N) is 1. The van der Waals surface area contributed by atoms with E-state index in [9.17, 15) is 48.3 Å². The van der Waals surface area contributed by atoms with E-state index in [4.69, 9.17) is 10.5 Å². The molecular formula is C49H70N8O11. The average Bonchev–Trinajstić information content (AvgIpc) is 3.77. The Morgan fingerprint density at radius 2 is 1.44 bits per heavy atom. The number of cyclic esters (lactones) is 1. The molecule has 2 aliphatic heterocycles. The van der Waals surface area contributed by atoms with Crippen molar-refractivity contribution in [2.75, 3.05) is 13.6 Å². The highest BCUT2D eigenvalue weighted by atomic mass is 16.5. The number of ether oxygens (including phenoxy) is 1. The Labute approximate surface area is 398 Å². The van der Waals surface area contributed by atoms with Crippen molar-refractivity contribution in [3.05, 3.63) is 65.7 Å². The van der Waals surface area contributed by atoms with Crippen LogP contribution in [0.25, 0.3) is 0 Å². The van der Waals surface area contributed by atoms with Crippen LogP contribution >= 0.6 is 0 Å². The maximum atomic E-state index is 14.8. The Morgan fingerprint density at radius 3 is 2.04 bits per heavy atom. The molecule has 2 aliphatic rings. The summed E-state index contributed by atoms with van der Waals surface area (Å²) in [6.45, 7) is 12.0. The first-order valence-corrected chi connectivity index (χ1v) is 23.4. The lowest BCUT2D eigenvalue weighted by molar-refractivity contribution is -0.158. The quantitative estimate of drug-likeness (QED) is 0.125. The van der Waals surface area contributed by atoms with E-state index < -0.39 is 108 Å². The van der Waals surface area contributed by atoms with Crippen LogP contribution in [-0.2, 0) is 60.7 Å². The molecule has 372 valence electrons. The molecule has 19 nitrogen and oxygen atoms in total. The van der Waals surface area contributed by atoms with Crippen LogP contribution in [0.1, 0.15) is 98.1 Å². The number of benzene rings is 2. The Hall–Kier alpha value is -6.53. The number of likely N-dealkylation sites (N-methyl/N-ethyl adjacent to an activating group) is 1. The van der Waals surface area contributed by atoms with E-state index in [2.05, 4.69) is 26.6 Å². The Balaban J connectivity index is 1.85. The van der Waals surface area contributed by atoms with Gasteiger partial charge in [-0.15, -0.1) is 0 Å². The highest BCUT2D eigenvalue weighted by Crippen LogP contribution is 2.23. The summed E-state index contributed by atoms with van der Waals surface area (Å²) in [6, 6.07) is 5.73. The third kappa shape index (κ3) is 15.5. The van der Waals surface area contributed by atoms with Gasteiger partial charge in [0, 0.05) is 39.3 Å². The maximum Gasteiger partial charge on any atom is 0.329 e. The smallest absolute Gasteiger partial charge is 0.329 e. The van der Waals surface area contributed by atoms with Gasteiger partial charge in [-0.3, -0.25) is 38.4 Å². The molecule has 8 amide bonds. The fourth-order valence-electron chi connectivity index (χ4n) is 8.34. The number of esters is 1. The van der Waals surface area contributed by atoms with Crippen molar-refractivity contribution >= 4 is 53.2 Å². The molecule has 8 N–H and O–H groups in total. The van der Waals surface area contributed by atoms with Gasteiger partial charge in [-0.1, -0.05) is 84.0 Å². The first-order chi connectivity index (χ1) is 32.1. The second-order valence-electron chi connectivity index (χ2n) is 19.0. The van der Waals surface area contributed by atoms with Crippen molar-refractivity contribution in [1.82, 2.24) is 36.4 Å². The lowest BCUT2D eigenvalue weighted by Crippen LogP contribution is -2.61. The summed E-state index contributed by atoms with van der Waals surface area (Å²) in [4.78, 5) is 129. The Morgan fingerprint density at radius 1 is 0.809 bits per heavy atom. The van der Waals surface area contributed by atoms with E-state index in [0.717, 1.165) is 0 Å². The summed E-state index contributed by atoms with van der Waals surface area (Å²) in [5, 5.41) is 23.6. The minimum atomic E-state index is -1.71. The molecular weight excluding hydrogens is 877 g/mol. The zero-order valence-corrected chi connectivity index (χ0v) is 40.4. The number of primary amides is 1. The number of amides is 8. The summed E-state index contributed by atoms with van der Waals surface area (Å²) in [7, 11) is 1.42. The number of fused-ring (bicyclic) bond motifs is 1. The lowest BCUT2D eigenvalue weighted by atomic mass is 9.99. The zero-order chi connectivity index (χ0) is 50.4. The van der Waals surface area contributed by atoms with Crippen LogP contribution in [0.5, 0.6) is 5.75 Å². The fraction of sp³-hybridized carbons (Fsp3) is 0.571. The third-order valence-corrected chi connectivity index (χ3v) is 12.0. The van der Waals surface area contributed by atoms with E-state index in [1.807, 2.05) is 13.8 Å². The predicted molar refractivity (Wildman–Crippen MR) is 251 cm³/mol. The number of nitrogens with one attached hydrogen (secondary N) is 5. The number of nitrogens with zero attached hydrogens (tertiary/aromatic N) is 2. The molecule has 2 heterocycles. The van der Waals surface area contributed by atoms with E-state index in [1.165, 1.54) is 35.9 Å². The van der Waals surface area contributed by atoms with E-state index in [0.29, 0.717) is 17.5 Å². The molecule has 2 fully saturated rings. The molecule has 0 unspecified atom stereocenters. The highest BCUT2D eigenvalue weighted by Gasteiger charge is 2.43. The van der Waals surface area contributed by atoms with Gasteiger partial charge in [0.25, 0.3) is 0 Å². The zero-order valence-electron chi connectivity index (χ0n) is 40.4. The molecule has 0 radical (unpaired) electrons. The van der Waals surface area contributed by atoms with Crippen LogP contribution in [0.2, 0.25) is 0 Å². The number of rotatable bonds is 15. The highest BCUT2D eigenvalue weighted by molar-refractivity contribution is 5.98. The van der Waals surface area contributed by atoms with Crippen molar-refractivity contribution in [3.8, 4) is 5.75 Å². The second kappa shape index (κ2) is 25.0. The summed E-state index contributed by atoms with van der Waals surface area (Å²) in [6.07, 6.45) is -1.26. The summed E-state index contributed by atoms with van der Waals surface area (Å²) in [5.41, 5.74) is 6.66. The first kappa shape index (κ1) is 54.1.